The maximum atomic E-state index is 13.1. The highest BCUT2D eigenvalue weighted by atomic mass is 16.7. The topological polar surface area (TPSA) is 228 Å². The maximum absolute atomic E-state index is 13.1. The van der Waals surface area contributed by atoms with Gasteiger partial charge < -0.3 is 65.1 Å². The first kappa shape index (κ1) is 68.6. The number of ether oxygens (including phenoxy) is 4. The van der Waals surface area contributed by atoms with Crippen LogP contribution in [-0.4, -0.2) is 140 Å². The number of allylic oxidation sites excluding steroid dienone is 3. The monoisotopic (exact) mass is 1060 g/mol. The first-order chi connectivity index (χ1) is 36.1. The van der Waals surface area contributed by atoms with Crippen LogP contribution in [0.15, 0.2) is 24.3 Å². The number of hydrogen-bond donors (Lipinski definition) is 9. The summed E-state index contributed by atoms with van der Waals surface area (Å²) >= 11 is 0. The molecule has 436 valence electrons. The molecule has 2 aliphatic heterocycles. The molecule has 1 amide bonds. The fourth-order valence-electron chi connectivity index (χ4n) is 10.2. The predicted octanol–water partition coefficient (Wildman–Crippen LogP) is 10.4. The molecule has 0 spiro atoms. The average Bonchev–Trinajstić information content (AvgIpc) is 3.40. The Bertz CT molecular complexity index is 1340. The lowest BCUT2D eigenvalue weighted by molar-refractivity contribution is -0.359. The molecule has 0 aromatic heterocycles. The van der Waals surface area contributed by atoms with E-state index in [1.165, 1.54) is 186 Å². The average molecular weight is 1060 g/mol. The second-order valence-electron chi connectivity index (χ2n) is 21.8. The van der Waals surface area contributed by atoms with Gasteiger partial charge in [0.1, 0.15) is 48.8 Å². The largest absolute Gasteiger partial charge is 0.394 e. The van der Waals surface area contributed by atoms with E-state index in [0.717, 1.165) is 38.5 Å². The Morgan fingerprint density at radius 2 is 0.865 bits per heavy atom. The highest BCUT2D eigenvalue weighted by Crippen LogP contribution is 2.30. The van der Waals surface area contributed by atoms with E-state index in [-0.39, 0.29) is 18.9 Å². The van der Waals surface area contributed by atoms with Crippen LogP contribution in [0.3, 0.4) is 0 Å². The molecule has 14 nitrogen and oxygen atoms in total. The molecule has 0 saturated carbocycles. The third-order valence-corrected chi connectivity index (χ3v) is 15.1. The standard InChI is InChI=1S/C60H113NO13/c1-3-5-7-9-11-12-13-14-15-16-17-18-19-20-21-22-23-24-25-26-27-28-29-30-31-32-33-34-35-36-38-39-41-43-49(64)48(61-52(65)44-42-40-37-10-8-6-4-2)47-71-59-57(70)55(68)58(51(46-63)73-59)74-60-56(69)54(67)53(66)50(45-62)72-60/h35-36,41,43,48-51,53-60,62-64,66-70H,3-34,37-40,42,44-47H2,1-2H3,(H,61,65)/b36-35+,43-41+. The van der Waals surface area contributed by atoms with Crippen molar-refractivity contribution in [2.75, 3.05) is 19.8 Å². The van der Waals surface area contributed by atoms with Crippen LogP contribution in [0.5, 0.6) is 0 Å². The molecule has 74 heavy (non-hydrogen) atoms. The fraction of sp³-hybridized carbons (Fsp3) is 0.917. The molecule has 2 heterocycles. The second-order valence-corrected chi connectivity index (χ2v) is 21.8. The highest BCUT2D eigenvalue weighted by Gasteiger charge is 2.51. The van der Waals surface area contributed by atoms with Gasteiger partial charge in [-0.3, -0.25) is 4.79 Å². The van der Waals surface area contributed by atoms with Crippen LogP contribution in [0.1, 0.15) is 258 Å². The van der Waals surface area contributed by atoms with Crippen molar-refractivity contribution in [3.8, 4) is 0 Å². The molecule has 2 saturated heterocycles. The van der Waals surface area contributed by atoms with E-state index in [9.17, 15) is 45.6 Å². The van der Waals surface area contributed by atoms with Crippen molar-refractivity contribution in [1.82, 2.24) is 5.32 Å². The summed E-state index contributed by atoms with van der Waals surface area (Å²) in [5.41, 5.74) is 0. The zero-order valence-corrected chi connectivity index (χ0v) is 46.8. The van der Waals surface area contributed by atoms with E-state index in [4.69, 9.17) is 18.9 Å². The van der Waals surface area contributed by atoms with Crippen molar-refractivity contribution in [3.05, 3.63) is 24.3 Å². The predicted molar refractivity (Wildman–Crippen MR) is 295 cm³/mol. The molecule has 12 unspecified atom stereocenters. The van der Waals surface area contributed by atoms with Gasteiger partial charge in [-0.05, 0) is 32.1 Å². The Hall–Kier alpha value is -1.53. The van der Waals surface area contributed by atoms with Crippen molar-refractivity contribution in [1.29, 1.82) is 0 Å². The van der Waals surface area contributed by atoms with E-state index in [1.54, 1.807) is 6.08 Å². The molecule has 0 aromatic carbocycles. The number of unbranched alkanes of at least 4 members (excludes halogenated alkanes) is 34. The molecule has 12 atom stereocenters. The molecule has 0 radical (unpaired) electrons. The van der Waals surface area contributed by atoms with E-state index in [0.29, 0.717) is 12.8 Å². The van der Waals surface area contributed by atoms with Crippen LogP contribution < -0.4 is 5.32 Å². The molecular formula is C60H113NO13. The lowest BCUT2D eigenvalue weighted by atomic mass is 9.97. The molecule has 14 heteroatoms. The lowest BCUT2D eigenvalue weighted by Gasteiger charge is -2.46. The summed E-state index contributed by atoms with van der Waals surface area (Å²) in [5.74, 6) is -0.255. The van der Waals surface area contributed by atoms with Crippen LogP contribution in [0.25, 0.3) is 0 Å². The van der Waals surface area contributed by atoms with E-state index < -0.39 is 86.8 Å². The number of nitrogens with one attached hydrogen (secondary N) is 1. The number of carbonyl (C=O) groups excluding carboxylic acids is 1. The molecular weight excluding hydrogens is 943 g/mol. The van der Waals surface area contributed by atoms with Gasteiger partial charge in [0.2, 0.25) is 5.91 Å². The molecule has 0 aromatic rings. The number of aliphatic hydroxyl groups excluding tert-OH is 8. The minimum Gasteiger partial charge on any atom is -0.394 e. The zero-order chi connectivity index (χ0) is 53.9. The van der Waals surface area contributed by atoms with Crippen LogP contribution in [0, 0.1) is 0 Å². The third kappa shape index (κ3) is 31.8. The number of rotatable bonds is 49. The zero-order valence-electron chi connectivity index (χ0n) is 46.8. The Balaban J connectivity index is 1.61. The lowest BCUT2D eigenvalue weighted by Crippen LogP contribution is -2.65. The summed E-state index contributed by atoms with van der Waals surface area (Å²) in [6.07, 6.45) is 38.7. The number of hydrogen-bond acceptors (Lipinski definition) is 13. The maximum Gasteiger partial charge on any atom is 0.220 e. The van der Waals surface area contributed by atoms with Gasteiger partial charge in [-0.15, -0.1) is 0 Å². The SMILES string of the molecule is CCCCCCCCCCCCCCCCCCCCCCCCCCCCC/C=C/CC/C=C/C(O)C(COC1OC(CO)C(OC2OC(CO)C(O)C(O)C2O)C(O)C1O)NC(=O)CCCCCCCCC. The van der Waals surface area contributed by atoms with E-state index >= 15 is 0 Å². The van der Waals surface area contributed by atoms with Gasteiger partial charge in [0.05, 0.1) is 32.0 Å². The Morgan fingerprint density at radius 1 is 0.473 bits per heavy atom. The summed E-state index contributed by atoms with van der Waals surface area (Å²) in [4.78, 5) is 13.1. The summed E-state index contributed by atoms with van der Waals surface area (Å²) < 4.78 is 22.7. The molecule has 0 bridgehead atoms. The Labute approximate surface area is 449 Å². The van der Waals surface area contributed by atoms with Gasteiger partial charge in [-0.1, -0.05) is 244 Å². The first-order valence-electron chi connectivity index (χ1n) is 30.6. The summed E-state index contributed by atoms with van der Waals surface area (Å²) in [5, 5.41) is 86.7. The van der Waals surface area contributed by atoms with Crippen molar-refractivity contribution >= 4 is 5.91 Å². The molecule has 0 aliphatic carbocycles. The van der Waals surface area contributed by atoms with Crippen LogP contribution in [0.4, 0.5) is 0 Å². The summed E-state index contributed by atoms with van der Waals surface area (Å²) in [6.45, 7) is 2.73. The molecule has 9 N–H and O–H groups in total. The first-order valence-corrected chi connectivity index (χ1v) is 30.6. The minimum atomic E-state index is -1.79. The Kier molecular flexibility index (Phi) is 43.0. The van der Waals surface area contributed by atoms with Gasteiger partial charge in [0, 0.05) is 6.42 Å². The van der Waals surface area contributed by atoms with Crippen LogP contribution in [0.2, 0.25) is 0 Å². The van der Waals surface area contributed by atoms with Gasteiger partial charge in [0.25, 0.3) is 0 Å². The van der Waals surface area contributed by atoms with E-state index in [1.807, 2.05) is 6.08 Å². The van der Waals surface area contributed by atoms with Gasteiger partial charge in [-0.2, -0.15) is 0 Å². The smallest absolute Gasteiger partial charge is 0.220 e. The van der Waals surface area contributed by atoms with Crippen molar-refractivity contribution in [3.63, 3.8) is 0 Å². The number of aliphatic hydroxyl groups is 8. The summed E-state index contributed by atoms with van der Waals surface area (Å²) in [6, 6.07) is -0.925. The van der Waals surface area contributed by atoms with Gasteiger partial charge in [-0.25, -0.2) is 0 Å². The van der Waals surface area contributed by atoms with Crippen molar-refractivity contribution < 1.29 is 64.6 Å². The fourth-order valence-corrected chi connectivity index (χ4v) is 10.2. The normalized spacial score (nSPS) is 25.3. The quantitative estimate of drug-likeness (QED) is 0.0204. The second kappa shape index (κ2) is 46.4. The van der Waals surface area contributed by atoms with Crippen LogP contribution >= 0.6 is 0 Å². The van der Waals surface area contributed by atoms with Crippen LogP contribution in [-0.2, 0) is 23.7 Å². The third-order valence-electron chi connectivity index (χ3n) is 15.1. The molecule has 2 rings (SSSR count). The number of amides is 1. The van der Waals surface area contributed by atoms with E-state index in [2.05, 4.69) is 31.3 Å². The highest BCUT2D eigenvalue weighted by molar-refractivity contribution is 5.76. The van der Waals surface area contributed by atoms with Gasteiger partial charge >= 0.3 is 0 Å². The minimum absolute atomic E-state index is 0.255. The molecule has 2 fully saturated rings. The Morgan fingerprint density at radius 3 is 1.32 bits per heavy atom. The van der Waals surface area contributed by atoms with Gasteiger partial charge in [0.15, 0.2) is 12.6 Å². The van der Waals surface area contributed by atoms with Crippen molar-refractivity contribution in [2.45, 2.75) is 331 Å². The summed E-state index contributed by atoms with van der Waals surface area (Å²) in [7, 11) is 0. The van der Waals surface area contributed by atoms with Crippen molar-refractivity contribution in [2.24, 2.45) is 0 Å². The number of carbonyl (C=O) groups is 1. The molecule has 2 aliphatic rings.